The lowest BCUT2D eigenvalue weighted by atomic mass is 10.2. The minimum Gasteiger partial charge on any atom is -0.380 e. The van der Waals surface area contributed by atoms with Gasteiger partial charge in [-0.15, -0.1) is 0 Å². The summed E-state index contributed by atoms with van der Waals surface area (Å²) < 4.78 is 31.4. The van der Waals surface area contributed by atoms with Crippen LogP contribution in [0.1, 0.15) is 12.5 Å². The SMILES string of the molecule is COC(C)CNS(=O)(=O)c1ccc(C#CCN)cc1. The van der Waals surface area contributed by atoms with Gasteiger partial charge < -0.3 is 10.5 Å². The Labute approximate surface area is 114 Å². The lowest BCUT2D eigenvalue weighted by Gasteiger charge is -2.11. The van der Waals surface area contributed by atoms with Crippen molar-refractivity contribution in [1.82, 2.24) is 4.72 Å². The highest BCUT2D eigenvalue weighted by molar-refractivity contribution is 7.89. The van der Waals surface area contributed by atoms with E-state index in [1.54, 1.807) is 19.1 Å². The number of rotatable bonds is 5. The standard InChI is InChI=1S/C13H18N2O3S/c1-11(18-2)10-15-19(16,17)13-7-5-12(6-8-13)4-3-9-14/h5-8,11,15H,9-10,14H2,1-2H3. The molecule has 0 saturated heterocycles. The quantitative estimate of drug-likeness (QED) is 0.762. The van der Waals surface area contributed by atoms with E-state index < -0.39 is 10.0 Å². The average molecular weight is 282 g/mol. The molecule has 1 aromatic carbocycles. The number of sulfonamides is 1. The summed E-state index contributed by atoms with van der Waals surface area (Å²) in [5.74, 6) is 5.54. The van der Waals surface area contributed by atoms with Crippen LogP contribution in [0.4, 0.5) is 0 Å². The van der Waals surface area contributed by atoms with Gasteiger partial charge in [0.15, 0.2) is 0 Å². The molecule has 0 aromatic heterocycles. The molecule has 0 saturated carbocycles. The van der Waals surface area contributed by atoms with Crippen LogP contribution in [0, 0.1) is 11.8 Å². The summed E-state index contributed by atoms with van der Waals surface area (Å²) in [5.41, 5.74) is 6.00. The minimum absolute atomic E-state index is 0.176. The van der Waals surface area contributed by atoms with Crippen molar-refractivity contribution >= 4 is 10.0 Å². The van der Waals surface area contributed by atoms with Gasteiger partial charge in [0.1, 0.15) is 0 Å². The van der Waals surface area contributed by atoms with Crippen LogP contribution in [0.5, 0.6) is 0 Å². The molecule has 5 nitrogen and oxygen atoms in total. The van der Waals surface area contributed by atoms with Crippen molar-refractivity contribution in [2.45, 2.75) is 17.9 Å². The predicted octanol–water partition coefficient (Wildman–Crippen LogP) is 0.310. The van der Waals surface area contributed by atoms with Gasteiger partial charge in [0.2, 0.25) is 10.0 Å². The number of nitrogens with two attached hydrogens (primary N) is 1. The van der Waals surface area contributed by atoms with Gasteiger partial charge in [0.25, 0.3) is 0 Å². The van der Waals surface area contributed by atoms with Crippen LogP contribution in [-0.4, -0.2) is 34.7 Å². The second kappa shape index (κ2) is 7.26. The first kappa shape index (κ1) is 15.7. The second-order valence-corrected chi connectivity index (χ2v) is 5.70. The first-order chi connectivity index (χ1) is 8.99. The Morgan fingerprint density at radius 2 is 2.00 bits per heavy atom. The molecule has 6 heteroatoms. The van der Waals surface area contributed by atoms with Crippen molar-refractivity contribution in [3.05, 3.63) is 29.8 Å². The molecular formula is C13H18N2O3S. The van der Waals surface area contributed by atoms with Crippen molar-refractivity contribution in [3.8, 4) is 11.8 Å². The maximum atomic E-state index is 12.0. The number of nitrogens with one attached hydrogen (secondary N) is 1. The topological polar surface area (TPSA) is 81.4 Å². The van der Waals surface area contributed by atoms with E-state index in [-0.39, 0.29) is 24.1 Å². The fraction of sp³-hybridized carbons (Fsp3) is 0.385. The Balaban J connectivity index is 2.79. The molecule has 19 heavy (non-hydrogen) atoms. The van der Waals surface area contributed by atoms with Gasteiger partial charge in [-0.1, -0.05) is 11.8 Å². The van der Waals surface area contributed by atoms with E-state index >= 15 is 0 Å². The third-order valence-electron chi connectivity index (χ3n) is 2.46. The fourth-order valence-electron chi connectivity index (χ4n) is 1.26. The molecule has 0 spiro atoms. The van der Waals surface area contributed by atoms with Crippen LogP contribution >= 0.6 is 0 Å². The van der Waals surface area contributed by atoms with Crippen LogP contribution in [0.25, 0.3) is 0 Å². The zero-order chi connectivity index (χ0) is 14.3. The van der Waals surface area contributed by atoms with E-state index in [1.807, 2.05) is 0 Å². The number of benzene rings is 1. The van der Waals surface area contributed by atoms with Gasteiger partial charge in [-0.2, -0.15) is 0 Å². The highest BCUT2D eigenvalue weighted by atomic mass is 32.2. The normalized spacial score (nSPS) is 12.6. The second-order valence-electron chi connectivity index (χ2n) is 3.93. The molecule has 1 atom stereocenters. The Bertz CT molecular complexity index is 556. The summed E-state index contributed by atoms with van der Waals surface area (Å²) in [7, 11) is -1.97. The zero-order valence-electron chi connectivity index (χ0n) is 11.0. The lowest BCUT2D eigenvalue weighted by Crippen LogP contribution is -2.31. The molecule has 0 radical (unpaired) electrons. The smallest absolute Gasteiger partial charge is 0.240 e. The van der Waals surface area contributed by atoms with Crippen molar-refractivity contribution in [3.63, 3.8) is 0 Å². The largest absolute Gasteiger partial charge is 0.380 e. The van der Waals surface area contributed by atoms with Crippen LogP contribution < -0.4 is 10.5 Å². The summed E-state index contributed by atoms with van der Waals surface area (Å²) in [5, 5.41) is 0. The predicted molar refractivity (Wildman–Crippen MR) is 74.0 cm³/mol. The van der Waals surface area contributed by atoms with Gasteiger partial charge in [0.05, 0.1) is 17.5 Å². The van der Waals surface area contributed by atoms with E-state index in [0.29, 0.717) is 0 Å². The Hall–Kier alpha value is -1.39. The van der Waals surface area contributed by atoms with Gasteiger partial charge in [0, 0.05) is 19.2 Å². The number of methoxy groups -OCH3 is 1. The molecule has 1 aromatic rings. The lowest BCUT2D eigenvalue weighted by molar-refractivity contribution is 0.122. The summed E-state index contributed by atoms with van der Waals surface area (Å²) in [6.07, 6.45) is -0.176. The summed E-state index contributed by atoms with van der Waals surface area (Å²) >= 11 is 0. The molecule has 0 aliphatic carbocycles. The maximum absolute atomic E-state index is 12.0. The van der Waals surface area contributed by atoms with Crippen LogP contribution in [0.15, 0.2) is 29.2 Å². The van der Waals surface area contributed by atoms with Crippen LogP contribution in [-0.2, 0) is 14.8 Å². The molecular weight excluding hydrogens is 264 g/mol. The Kier molecular flexibility index (Phi) is 5.99. The van der Waals surface area contributed by atoms with E-state index in [1.165, 1.54) is 19.2 Å². The summed E-state index contributed by atoms with van der Waals surface area (Å²) in [6, 6.07) is 6.33. The Morgan fingerprint density at radius 1 is 1.37 bits per heavy atom. The van der Waals surface area contributed by atoms with Gasteiger partial charge in [-0.3, -0.25) is 0 Å². The molecule has 0 amide bonds. The summed E-state index contributed by atoms with van der Waals surface area (Å²) in [4.78, 5) is 0.203. The van der Waals surface area contributed by atoms with E-state index in [2.05, 4.69) is 16.6 Å². The molecule has 3 N–H and O–H groups in total. The maximum Gasteiger partial charge on any atom is 0.240 e. The monoisotopic (exact) mass is 282 g/mol. The number of ether oxygens (including phenoxy) is 1. The number of hydrogen-bond donors (Lipinski definition) is 2. The zero-order valence-corrected chi connectivity index (χ0v) is 11.8. The van der Waals surface area contributed by atoms with Crippen molar-refractivity contribution in [2.75, 3.05) is 20.2 Å². The molecule has 0 aliphatic rings. The fourth-order valence-corrected chi connectivity index (χ4v) is 2.38. The van der Waals surface area contributed by atoms with E-state index in [0.717, 1.165) is 5.56 Å². The number of hydrogen-bond acceptors (Lipinski definition) is 4. The van der Waals surface area contributed by atoms with Crippen LogP contribution in [0.3, 0.4) is 0 Å². The Morgan fingerprint density at radius 3 is 2.53 bits per heavy atom. The van der Waals surface area contributed by atoms with Gasteiger partial charge in [-0.25, -0.2) is 13.1 Å². The highest BCUT2D eigenvalue weighted by Crippen LogP contribution is 2.10. The third kappa shape index (κ3) is 5.01. The molecule has 0 aliphatic heterocycles. The van der Waals surface area contributed by atoms with Crippen molar-refractivity contribution in [1.29, 1.82) is 0 Å². The van der Waals surface area contributed by atoms with Gasteiger partial charge >= 0.3 is 0 Å². The molecule has 0 fully saturated rings. The van der Waals surface area contributed by atoms with E-state index in [9.17, 15) is 8.42 Å². The third-order valence-corrected chi connectivity index (χ3v) is 3.90. The van der Waals surface area contributed by atoms with Crippen LogP contribution in [0.2, 0.25) is 0 Å². The van der Waals surface area contributed by atoms with E-state index in [4.69, 9.17) is 10.5 Å². The summed E-state index contributed by atoms with van der Waals surface area (Å²) in [6.45, 7) is 2.29. The highest BCUT2D eigenvalue weighted by Gasteiger charge is 2.14. The van der Waals surface area contributed by atoms with Crippen molar-refractivity contribution < 1.29 is 13.2 Å². The van der Waals surface area contributed by atoms with Crippen molar-refractivity contribution in [2.24, 2.45) is 5.73 Å². The molecule has 104 valence electrons. The first-order valence-electron chi connectivity index (χ1n) is 5.81. The molecule has 0 bridgehead atoms. The molecule has 0 heterocycles. The average Bonchev–Trinajstić information content (AvgIpc) is 2.43. The minimum atomic E-state index is -3.51. The molecule has 1 unspecified atom stereocenters. The van der Waals surface area contributed by atoms with Gasteiger partial charge in [-0.05, 0) is 31.2 Å². The molecule has 1 rings (SSSR count). The first-order valence-corrected chi connectivity index (χ1v) is 7.29.